The molecule has 1 N–H and O–H groups in total. The molecule has 1 aliphatic rings. The van der Waals surface area contributed by atoms with Crippen molar-refractivity contribution in [2.24, 2.45) is 7.05 Å². The van der Waals surface area contributed by atoms with Gasteiger partial charge in [0.05, 0.1) is 5.69 Å². The standard InChI is InChI=1S/C17H24N4S/c1-3-22-16-7-6-15(9-16)19-11-14-12-21(2)20-17(14)13-5-4-8-18-10-13/h4-5,8,10,12,15-16,19H,3,6-7,9,11H2,1-2H3/t15-,16+/m0/s1. The normalized spacial score (nSPS) is 21.4. The quantitative estimate of drug-likeness (QED) is 0.888. The molecule has 2 aromatic rings. The Morgan fingerprint density at radius 2 is 2.32 bits per heavy atom. The average molecular weight is 316 g/mol. The monoisotopic (exact) mass is 316 g/mol. The average Bonchev–Trinajstić information content (AvgIpc) is 3.13. The molecule has 3 rings (SSSR count). The minimum Gasteiger partial charge on any atom is -0.310 e. The fraction of sp³-hybridized carbons (Fsp3) is 0.529. The summed E-state index contributed by atoms with van der Waals surface area (Å²) in [6.07, 6.45) is 9.73. The van der Waals surface area contributed by atoms with E-state index in [-0.39, 0.29) is 0 Å². The van der Waals surface area contributed by atoms with Gasteiger partial charge < -0.3 is 5.32 Å². The highest BCUT2D eigenvalue weighted by molar-refractivity contribution is 7.99. The second-order valence-electron chi connectivity index (χ2n) is 5.89. The molecule has 0 bridgehead atoms. The van der Waals surface area contributed by atoms with Crippen molar-refractivity contribution in [1.82, 2.24) is 20.1 Å². The van der Waals surface area contributed by atoms with E-state index in [1.807, 2.05) is 24.0 Å². The maximum absolute atomic E-state index is 4.60. The van der Waals surface area contributed by atoms with Crippen molar-refractivity contribution >= 4 is 11.8 Å². The largest absolute Gasteiger partial charge is 0.310 e. The first-order chi connectivity index (χ1) is 10.8. The van der Waals surface area contributed by atoms with Crippen molar-refractivity contribution < 1.29 is 0 Å². The lowest BCUT2D eigenvalue weighted by Crippen LogP contribution is -2.26. The van der Waals surface area contributed by atoms with E-state index in [4.69, 9.17) is 0 Å². The van der Waals surface area contributed by atoms with E-state index >= 15 is 0 Å². The molecular weight excluding hydrogens is 292 g/mol. The summed E-state index contributed by atoms with van der Waals surface area (Å²) in [5.74, 6) is 1.23. The van der Waals surface area contributed by atoms with Crippen LogP contribution in [-0.4, -0.2) is 31.8 Å². The van der Waals surface area contributed by atoms with Gasteiger partial charge in [0.2, 0.25) is 0 Å². The molecule has 0 saturated heterocycles. The van der Waals surface area contributed by atoms with Gasteiger partial charge in [-0.05, 0) is 37.1 Å². The van der Waals surface area contributed by atoms with Gasteiger partial charge in [0.15, 0.2) is 0 Å². The van der Waals surface area contributed by atoms with E-state index in [0.29, 0.717) is 6.04 Å². The molecule has 118 valence electrons. The number of aromatic nitrogens is 3. The van der Waals surface area contributed by atoms with Crippen molar-refractivity contribution in [3.63, 3.8) is 0 Å². The Morgan fingerprint density at radius 1 is 1.41 bits per heavy atom. The van der Waals surface area contributed by atoms with Gasteiger partial charge in [-0.15, -0.1) is 0 Å². The lowest BCUT2D eigenvalue weighted by atomic mass is 10.1. The maximum atomic E-state index is 4.60. The van der Waals surface area contributed by atoms with Gasteiger partial charge in [0.1, 0.15) is 0 Å². The molecule has 0 amide bonds. The fourth-order valence-electron chi connectivity index (χ4n) is 3.18. The van der Waals surface area contributed by atoms with Crippen LogP contribution in [0.25, 0.3) is 11.3 Å². The summed E-state index contributed by atoms with van der Waals surface area (Å²) in [7, 11) is 1.98. The van der Waals surface area contributed by atoms with Gasteiger partial charge in [-0.3, -0.25) is 9.67 Å². The summed E-state index contributed by atoms with van der Waals surface area (Å²) in [5.41, 5.74) is 3.38. The van der Waals surface area contributed by atoms with Gasteiger partial charge in [-0.25, -0.2) is 0 Å². The van der Waals surface area contributed by atoms with Crippen molar-refractivity contribution in [2.45, 2.75) is 44.0 Å². The predicted octanol–water partition coefficient (Wildman–Crippen LogP) is 3.25. The number of nitrogens with one attached hydrogen (secondary N) is 1. The highest BCUT2D eigenvalue weighted by Crippen LogP contribution is 2.30. The summed E-state index contributed by atoms with van der Waals surface area (Å²) in [4.78, 5) is 4.21. The lowest BCUT2D eigenvalue weighted by Gasteiger charge is -2.13. The number of nitrogens with zero attached hydrogens (tertiary/aromatic N) is 3. The van der Waals surface area contributed by atoms with Crippen molar-refractivity contribution in [2.75, 3.05) is 5.75 Å². The second kappa shape index (κ2) is 7.29. The zero-order valence-corrected chi connectivity index (χ0v) is 14.1. The smallest absolute Gasteiger partial charge is 0.0983 e. The van der Waals surface area contributed by atoms with Gasteiger partial charge >= 0.3 is 0 Å². The molecular formula is C17H24N4S. The molecule has 1 fully saturated rings. The first-order valence-electron chi connectivity index (χ1n) is 8.04. The first-order valence-corrected chi connectivity index (χ1v) is 9.09. The van der Waals surface area contributed by atoms with Crippen molar-refractivity contribution in [1.29, 1.82) is 0 Å². The van der Waals surface area contributed by atoms with E-state index in [1.54, 1.807) is 6.20 Å². The van der Waals surface area contributed by atoms with Gasteiger partial charge in [0, 0.05) is 54.6 Å². The Balaban J connectivity index is 1.64. The number of hydrogen-bond donors (Lipinski definition) is 1. The molecule has 1 saturated carbocycles. The Kier molecular flexibility index (Phi) is 5.16. The molecule has 1 aliphatic carbocycles. The number of pyridine rings is 1. The van der Waals surface area contributed by atoms with Crippen LogP contribution >= 0.6 is 11.8 Å². The van der Waals surface area contributed by atoms with Crippen LogP contribution in [0.1, 0.15) is 31.7 Å². The van der Waals surface area contributed by atoms with Crippen LogP contribution in [-0.2, 0) is 13.6 Å². The third-order valence-corrected chi connectivity index (χ3v) is 5.44. The predicted molar refractivity (Wildman–Crippen MR) is 92.8 cm³/mol. The molecule has 0 radical (unpaired) electrons. The van der Waals surface area contributed by atoms with Crippen LogP contribution in [0.5, 0.6) is 0 Å². The molecule has 2 atom stereocenters. The SMILES string of the molecule is CCS[C@@H]1CC[C@H](NCc2cn(C)nc2-c2cccnc2)C1. The molecule has 2 aromatic heterocycles. The molecule has 0 spiro atoms. The first kappa shape index (κ1) is 15.6. The molecule has 0 unspecified atom stereocenters. The van der Waals surface area contributed by atoms with E-state index in [9.17, 15) is 0 Å². The third kappa shape index (κ3) is 3.70. The Hall–Kier alpha value is -1.33. The third-order valence-electron chi connectivity index (χ3n) is 4.21. The zero-order valence-electron chi connectivity index (χ0n) is 13.3. The van der Waals surface area contributed by atoms with Crippen LogP contribution in [0, 0.1) is 0 Å². The van der Waals surface area contributed by atoms with Crippen LogP contribution in [0.2, 0.25) is 0 Å². The van der Waals surface area contributed by atoms with E-state index in [1.165, 1.54) is 30.6 Å². The number of rotatable bonds is 6. The van der Waals surface area contributed by atoms with Crippen LogP contribution < -0.4 is 5.32 Å². The van der Waals surface area contributed by atoms with Gasteiger partial charge in [0.25, 0.3) is 0 Å². The maximum Gasteiger partial charge on any atom is 0.0983 e. The van der Waals surface area contributed by atoms with E-state index < -0.39 is 0 Å². The van der Waals surface area contributed by atoms with E-state index in [0.717, 1.165) is 23.1 Å². The zero-order chi connectivity index (χ0) is 15.4. The number of thioether (sulfide) groups is 1. The van der Waals surface area contributed by atoms with Crippen molar-refractivity contribution in [3.05, 3.63) is 36.3 Å². The summed E-state index contributed by atoms with van der Waals surface area (Å²) in [5, 5.41) is 9.17. The lowest BCUT2D eigenvalue weighted by molar-refractivity contribution is 0.525. The Bertz CT molecular complexity index is 596. The molecule has 0 aliphatic heterocycles. The topological polar surface area (TPSA) is 42.7 Å². The molecule has 22 heavy (non-hydrogen) atoms. The molecule has 4 nitrogen and oxygen atoms in total. The number of hydrogen-bond acceptors (Lipinski definition) is 4. The highest BCUT2D eigenvalue weighted by Gasteiger charge is 2.24. The van der Waals surface area contributed by atoms with Gasteiger partial charge in [-0.1, -0.05) is 6.92 Å². The number of aryl methyl sites for hydroxylation is 1. The van der Waals surface area contributed by atoms with Gasteiger partial charge in [-0.2, -0.15) is 16.9 Å². The second-order valence-corrected chi connectivity index (χ2v) is 7.46. The minimum atomic E-state index is 0.644. The Morgan fingerprint density at radius 3 is 3.09 bits per heavy atom. The molecule has 2 heterocycles. The molecule has 0 aromatic carbocycles. The van der Waals surface area contributed by atoms with Crippen molar-refractivity contribution in [3.8, 4) is 11.3 Å². The minimum absolute atomic E-state index is 0.644. The van der Waals surface area contributed by atoms with Crippen LogP contribution in [0.4, 0.5) is 0 Å². The summed E-state index contributed by atoms with van der Waals surface area (Å²) < 4.78 is 1.89. The Labute approximate surface area is 136 Å². The van der Waals surface area contributed by atoms with Crippen LogP contribution in [0.3, 0.4) is 0 Å². The van der Waals surface area contributed by atoms with Crippen LogP contribution in [0.15, 0.2) is 30.7 Å². The van der Waals surface area contributed by atoms with E-state index in [2.05, 4.69) is 46.3 Å². The highest BCUT2D eigenvalue weighted by atomic mass is 32.2. The summed E-state index contributed by atoms with van der Waals surface area (Å²) in [6, 6.07) is 4.68. The summed E-state index contributed by atoms with van der Waals surface area (Å²) in [6.45, 7) is 3.13. The fourth-order valence-corrected chi connectivity index (χ4v) is 4.32. The summed E-state index contributed by atoms with van der Waals surface area (Å²) >= 11 is 2.10. The molecule has 5 heteroatoms.